The van der Waals surface area contributed by atoms with E-state index in [0.717, 1.165) is 16.7 Å². The van der Waals surface area contributed by atoms with Crippen molar-refractivity contribution >= 4 is 11.9 Å². The largest absolute Gasteiger partial charge is 0.463 e. The van der Waals surface area contributed by atoms with Crippen molar-refractivity contribution in [1.29, 1.82) is 0 Å². The maximum Gasteiger partial charge on any atom is 0.305 e. The zero-order chi connectivity index (χ0) is 27.5. The Hall–Kier alpha value is -3.56. The van der Waals surface area contributed by atoms with Crippen LogP contribution >= 0.6 is 0 Å². The Morgan fingerprint density at radius 3 is 1.49 bits per heavy atom. The maximum absolute atomic E-state index is 12.1. The van der Waals surface area contributed by atoms with Crippen LogP contribution in [0.2, 0.25) is 0 Å². The van der Waals surface area contributed by atoms with Crippen molar-refractivity contribution in [3.8, 4) is 0 Å². The minimum absolute atomic E-state index is 0.108. The molecule has 0 aliphatic carbocycles. The number of ether oxygens (including phenoxy) is 6. The molecule has 3 aromatic carbocycles. The Balaban J connectivity index is 1.64. The lowest BCUT2D eigenvalue weighted by Gasteiger charge is -2.45. The van der Waals surface area contributed by atoms with Crippen molar-refractivity contribution in [3.05, 3.63) is 108 Å². The fourth-order valence-electron chi connectivity index (χ4n) is 4.34. The van der Waals surface area contributed by atoms with Crippen LogP contribution in [-0.2, 0) is 57.8 Å². The van der Waals surface area contributed by atoms with E-state index in [0.29, 0.717) is 0 Å². The molecule has 8 heteroatoms. The molecular formula is C31H34O8. The van der Waals surface area contributed by atoms with Gasteiger partial charge in [-0.2, -0.15) is 0 Å². The van der Waals surface area contributed by atoms with E-state index in [9.17, 15) is 9.59 Å². The van der Waals surface area contributed by atoms with E-state index in [4.69, 9.17) is 28.4 Å². The number of rotatable bonds is 12. The van der Waals surface area contributed by atoms with Crippen LogP contribution < -0.4 is 0 Å². The lowest BCUT2D eigenvalue weighted by atomic mass is 9.97. The molecule has 3 aromatic rings. The zero-order valence-corrected chi connectivity index (χ0v) is 22.1. The van der Waals surface area contributed by atoms with E-state index in [2.05, 4.69) is 0 Å². The first-order valence-corrected chi connectivity index (χ1v) is 12.9. The summed E-state index contributed by atoms with van der Waals surface area (Å²) in [5.41, 5.74) is 2.84. The van der Waals surface area contributed by atoms with Gasteiger partial charge in [0.2, 0.25) is 6.29 Å². The van der Waals surface area contributed by atoms with Crippen LogP contribution in [0.25, 0.3) is 0 Å². The van der Waals surface area contributed by atoms with Crippen LogP contribution in [0.5, 0.6) is 0 Å². The molecule has 5 atom stereocenters. The van der Waals surface area contributed by atoms with Gasteiger partial charge in [0.15, 0.2) is 0 Å². The summed E-state index contributed by atoms with van der Waals surface area (Å²) in [6, 6.07) is 29.1. The molecule has 0 radical (unpaired) electrons. The minimum Gasteiger partial charge on any atom is -0.463 e. The van der Waals surface area contributed by atoms with E-state index >= 15 is 0 Å². The molecule has 206 valence electrons. The molecular weight excluding hydrogens is 500 g/mol. The van der Waals surface area contributed by atoms with Gasteiger partial charge in [0.25, 0.3) is 0 Å². The number of hydrogen-bond donors (Lipinski definition) is 0. The molecule has 1 heterocycles. The van der Waals surface area contributed by atoms with Crippen LogP contribution in [-0.4, -0.2) is 49.3 Å². The second-order valence-electron chi connectivity index (χ2n) is 9.24. The molecule has 39 heavy (non-hydrogen) atoms. The number of carbonyl (C=O) groups excluding carboxylic acids is 2. The quantitative estimate of drug-likeness (QED) is 0.312. The number of carbonyl (C=O) groups is 2. The predicted molar refractivity (Wildman–Crippen MR) is 142 cm³/mol. The highest BCUT2D eigenvalue weighted by Gasteiger charge is 2.50. The summed E-state index contributed by atoms with van der Waals surface area (Å²) in [4.78, 5) is 23.8. The maximum atomic E-state index is 12.1. The van der Waals surface area contributed by atoms with Crippen LogP contribution in [0, 0.1) is 0 Å². The van der Waals surface area contributed by atoms with E-state index < -0.39 is 42.6 Å². The Morgan fingerprint density at radius 1 is 0.615 bits per heavy atom. The van der Waals surface area contributed by atoms with Gasteiger partial charge in [-0.1, -0.05) is 91.0 Å². The second kappa shape index (κ2) is 14.6. The van der Waals surface area contributed by atoms with Gasteiger partial charge in [0.05, 0.1) is 19.8 Å². The van der Waals surface area contributed by atoms with E-state index in [-0.39, 0.29) is 26.4 Å². The fraction of sp³-hybridized carbons (Fsp3) is 0.355. The summed E-state index contributed by atoms with van der Waals surface area (Å²) in [5, 5.41) is 0. The second-order valence-corrected chi connectivity index (χ2v) is 9.24. The van der Waals surface area contributed by atoms with Crippen molar-refractivity contribution in [2.45, 2.75) is 64.4 Å². The van der Waals surface area contributed by atoms with Crippen LogP contribution in [0.15, 0.2) is 91.0 Å². The summed E-state index contributed by atoms with van der Waals surface area (Å²) in [7, 11) is 0. The summed E-state index contributed by atoms with van der Waals surface area (Å²) in [6.45, 7) is 3.27. The van der Waals surface area contributed by atoms with Gasteiger partial charge in [0, 0.05) is 13.8 Å². The van der Waals surface area contributed by atoms with Crippen molar-refractivity contribution < 1.29 is 38.0 Å². The fourth-order valence-corrected chi connectivity index (χ4v) is 4.34. The molecule has 8 nitrogen and oxygen atoms in total. The topological polar surface area (TPSA) is 89.5 Å². The first-order chi connectivity index (χ1) is 19.0. The van der Waals surface area contributed by atoms with Crippen molar-refractivity contribution in [2.75, 3.05) is 6.61 Å². The summed E-state index contributed by atoms with van der Waals surface area (Å²) in [5.74, 6) is -1.00. The average molecular weight is 535 g/mol. The number of esters is 2. The third kappa shape index (κ3) is 8.73. The third-order valence-electron chi connectivity index (χ3n) is 6.18. The van der Waals surface area contributed by atoms with E-state index in [1.54, 1.807) is 0 Å². The number of benzene rings is 3. The van der Waals surface area contributed by atoms with Crippen molar-refractivity contribution in [3.63, 3.8) is 0 Å². The van der Waals surface area contributed by atoms with Gasteiger partial charge in [-0.05, 0) is 16.7 Å². The molecule has 1 aliphatic rings. The summed E-state index contributed by atoms with van der Waals surface area (Å²) < 4.78 is 36.2. The van der Waals surface area contributed by atoms with Crippen molar-refractivity contribution in [1.82, 2.24) is 0 Å². The number of hydrogen-bond acceptors (Lipinski definition) is 8. The lowest BCUT2D eigenvalue weighted by molar-refractivity contribution is -0.318. The normalized spacial score (nSPS) is 22.7. The molecule has 0 N–H and O–H groups in total. The smallest absolute Gasteiger partial charge is 0.305 e. The van der Waals surface area contributed by atoms with Gasteiger partial charge >= 0.3 is 11.9 Å². The highest BCUT2D eigenvalue weighted by molar-refractivity contribution is 5.66. The molecule has 0 amide bonds. The van der Waals surface area contributed by atoms with Gasteiger partial charge in [0.1, 0.15) is 31.0 Å². The van der Waals surface area contributed by atoms with Gasteiger partial charge in [-0.25, -0.2) is 0 Å². The molecule has 0 saturated carbocycles. The summed E-state index contributed by atoms with van der Waals surface area (Å²) >= 11 is 0. The zero-order valence-electron chi connectivity index (χ0n) is 22.1. The van der Waals surface area contributed by atoms with Crippen LogP contribution in [0.4, 0.5) is 0 Å². The Labute approximate surface area is 228 Å². The van der Waals surface area contributed by atoms with Gasteiger partial charge < -0.3 is 28.4 Å². The molecule has 4 rings (SSSR count). The molecule has 0 spiro atoms. The molecule has 1 saturated heterocycles. The predicted octanol–water partition coefficient (Wildman–Crippen LogP) is 4.59. The van der Waals surface area contributed by atoms with Crippen LogP contribution in [0.3, 0.4) is 0 Å². The standard InChI is InChI=1S/C31H34O8/c1-22(32)34-21-27-28(35-18-24-12-6-3-7-13-24)29(36-19-25-14-8-4-9-15-25)30(31(39-27)38-23(2)33)37-20-26-16-10-5-11-17-26/h3-17,27-31H,18-21H2,1-2H3/t27-,28-,29+,30?,31-/m1/s1. The van der Waals surface area contributed by atoms with E-state index in [1.807, 2.05) is 91.0 Å². The Bertz CT molecular complexity index is 1150. The first kappa shape index (κ1) is 28.4. The van der Waals surface area contributed by atoms with Gasteiger partial charge in [-0.3, -0.25) is 9.59 Å². The Morgan fingerprint density at radius 2 is 1.05 bits per heavy atom. The highest BCUT2D eigenvalue weighted by Crippen LogP contribution is 2.31. The minimum atomic E-state index is -1.11. The molecule has 1 unspecified atom stereocenters. The molecule has 0 bridgehead atoms. The highest BCUT2D eigenvalue weighted by atomic mass is 16.7. The van der Waals surface area contributed by atoms with Crippen molar-refractivity contribution in [2.24, 2.45) is 0 Å². The third-order valence-corrected chi connectivity index (χ3v) is 6.18. The first-order valence-electron chi connectivity index (χ1n) is 12.9. The molecule has 1 aliphatic heterocycles. The SMILES string of the molecule is CC(=O)OC[C@H]1O[C@@H](OC(C)=O)C(OCc2ccccc2)[C@@H](OCc2ccccc2)[C@@H]1OCc1ccccc1. The molecule has 1 fully saturated rings. The Kier molecular flexibility index (Phi) is 10.6. The monoisotopic (exact) mass is 534 g/mol. The lowest BCUT2D eigenvalue weighted by Crippen LogP contribution is -2.62. The molecule has 0 aromatic heterocycles. The van der Waals surface area contributed by atoms with Crippen LogP contribution in [0.1, 0.15) is 30.5 Å². The van der Waals surface area contributed by atoms with E-state index in [1.165, 1.54) is 13.8 Å². The summed E-state index contributed by atoms with van der Waals surface area (Å²) in [6.07, 6.45) is -4.15. The van der Waals surface area contributed by atoms with Gasteiger partial charge in [-0.15, -0.1) is 0 Å². The average Bonchev–Trinajstić information content (AvgIpc) is 2.95.